The third-order valence-electron chi connectivity index (χ3n) is 6.13. The summed E-state index contributed by atoms with van der Waals surface area (Å²) >= 11 is 0. The van der Waals surface area contributed by atoms with Gasteiger partial charge in [-0.3, -0.25) is 18.8 Å². The molecule has 0 bridgehead atoms. The van der Waals surface area contributed by atoms with Crippen molar-refractivity contribution in [2.75, 3.05) is 5.73 Å². The number of hydrogen-bond acceptors (Lipinski definition) is 7. The Bertz CT molecular complexity index is 1980. The van der Waals surface area contributed by atoms with Crippen LogP contribution < -0.4 is 17.0 Å². The van der Waals surface area contributed by atoms with Gasteiger partial charge in [-0.25, -0.2) is 14.5 Å². The zero-order valence-corrected chi connectivity index (χ0v) is 21.8. The molecule has 6 aromatic rings. The summed E-state index contributed by atoms with van der Waals surface area (Å²) in [6, 6.07) is 17.6. The van der Waals surface area contributed by atoms with Gasteiger partial charge in [0.1, 0.15) is 18.2 Å². The molecule has 6 rings (SSSR count). The van der Waals surface area contributed by atoms with Gasteiger partial charge in [0.2, 0.25) is 0 Å². The van der Waals surface area contributed by atoms with E-state index in [9.17, 15) is 9.59 Å². The van der Waals surface area contributed by atoms with E-state index in [4.69, 9.17) is 11.5 Å². The number of nitrogens with zero attached hydrogens (tertiary/aromatic N) is 7. The van der Waals surface area contributed by atoms with Crippen LogP contribution >= 0.6 is 0 Å². The normalized spacial score (nSPS) is 10.6. The molecule has 0 spiro atoms. The number of nitrogens with two attached hydrogens (primary N) is 2. The second-order valence-electron chi connectivity index (χ2n) is 8.79. The number of aromatic nitrogens is 7. The van der Waals surface area contributed by atoms with Crippen LogP contribution in [-0.2, 0) is 13.5 Å². The molecule has 0 radical (unpaired) electrons. The van der Waals surface area contributed by atoms with Crippen molar-refractivity contribution in [3.63, 3.8) is 0 Å². The van der Waals surface area contributed by atoms with E-state index in [1.165, 1.54) is 17.2 Å². The number of primary amides is 1. The molecule has 198 valence electrons. The van der Waals surface area contributed by atoms with Crippen LogP contribution in [0.3, 0.4) is 0 Å². The number of benzene rings is 2. The third-order valence-corrected chi connectivity index (χ3v) is 6.13. The Morgan fingerprint density at radius 2 is 1.88 bits per heavy atom. The SMILES string of the molecule is CCc1cc2cccc(C#Cc3cnn(C)c3)c2c(=O)n1-c1ccccc1.NC(=O)c1c(N)nn2cncnc12. The molecule has 4 heterocycles. The largest absolute Gasteiger partial charge is 0.381 e. The van der Waals surface area contributed by atoms with E-state index in [0.29, 0.717) is 11.0 Å². The highest BCUT2D eigenvalue weighted by molar-refractivity contribution is 6.03. The summed E-state index contributed by atoms with van der Waals surface area (Å²) in [7, 11) is 1.86. The van der Waals surface area contributed by atoms with Crippen LogP contribution in [0.4, 0.5) is 5.82 Å². The molecule has 0 aliphatic rings. The van der Waals surface area contributed by atoms with Gasteiger partial charge in [-0.2, -0.15) is 5.10 Å². The maximum atomic E-state index is 13.4. The van der Waals surface area contributed by atoms with Crippen LogP contribution in [0.1, 0.15) is 34.1 Å². The number of nitrogen functional groups attached to an aromatic ring is 1. The first kappa shape index (κ1) is 25.9. The fourth-order valence-corrected chi connectivity index (χ4v) is 4.33. The van der Waals surface area contributed by atoms with E-state index < -0.39 is 5.91 Å². The van der Waals surface area contributed by atoms with Crippen LogP contribution in [-0.4, -0.2) is 39.8 Å². The second-order valence-corrected chi connectivity index (χ2v) is 8.79. The molecular weight excluding hydrogens is 506 g/mol. The minimum absolute atomic E-state index is 0.0355. The fraction of sp³-hybridized carbons (Fsp3) is 0.103. The van der Waals surface area contributed by atoms with Gasteiger partial charge in [0.05, 0.1) is 17.1 Å². The molecule has 0 saturated heterocycles. The highest BCUT2D eigenvalue weighted by atomic mass is 16.1. The molecule has 1 amide bonds. The number of aryl methyl sites for hydroxylation is 2. The van der Waals surface area contributed by atoms with Gasteiger partial charge in [-0.15, -0.1) is 5.10 Å². The van der Waals surface area contributed by atoms with Crippen molar-refractivity contribution in [1.29, 1.82) is 0 Å². The average Bonchev–Trinajstić information content (AvgIpc) is 3.53. The molecule has 0 saturated carbocycles. The van der Waals surface area contributed by atoms with Crippen molar-refractivity contribution in [3.05, 3.63) is 112 Å². The first-order chi connectivity index (χ1) is 19.4. The topological polar surface area (TPSA) is 152 Å². The predicted molar refractivity (Wildman–Crippen MR) is 152 cm³/mol. The van der Waals surface area contributed by atoms with Crippen LogP contribution in [0.25, 0.3) is 22.1 Å². The van der Waals surface area contributed by atoms with Crippen LogP contribution in [0.15, 0.2) is 84.4 Å². The fourth-order valence-electron chi connectivity index (χ4n) is 4.33. The first-order valence-electron chi connectivity index (χ1n) is 12.3. The van der Waals surface area contributed by atoms with E-state index in [-0.39, 0.29) is 16.9 Å². The van der Waals surface area contributed by atoms with Crippen molar-refractivity contribution in [1.82, 2.24) is 33.9 Å². The Morgan fingerprint density at radius 1 is 1.07 bits per heavy atom. The highest BCUT2D eigenvalue weighted by Crippen LogP contribution is 2.19. The lowest BCUT2D eigenvalue weighted by Gasteiger charge is -2.14. The van der Waals surface area contributed by atoms with Gasteiger partial charge < -0.3 is 11.5 Å². The lowest BCUT2D eigenvalue weighted by Crippen LogP contribution is -2.22. The van der Waals surface area contributed by atoms with Crippen LogP contribution in [0, 0.1) is 11.8 Å². The summed E-state index contributed by atoms with van der Waals surface area (Å²) < 4.78 is 4.80. The number of rotatable bonds is 3. The van der Waals surface area contributed by atoms with E-state index >= 15 is 0 Å². The van der Waals surface area contributed by atoms with Crippen molar-refractivity contribution < 1.29 is 4.79 Å². The summed E-state index contributed by atoms with van der Waals surface area (Å²) in [6.07, 6.45) is 7.03. The minimum atomic E-state index is -0.647. The predicted octanol–water partition coefficient (Wildman–Crippen LogP) is 2.49. The quantitative estimate of drug-likeness (QED) is 0.333. The molecule has 0 aliphatic heterocycles. The molecule has 2 aromatic carbocycles. The molecule has 4 aromatic heterocycles. The molecule has 0 unspecified atom stereocenters. The number of fused-ring (bicyclic) bond motifs is 2. The molecule has 0 fully saturated rings. The Kier molecular flexibility index (Phi) is 7.07. The minimum Gasteiger partial charge on any atom is -0.381 e. The monoisotopic (exact) mass is 531 g/mol. The van der Waals surface area contributed by atoms with E-state index in [2.05, 4.69) is 45.0 Å². The summed E-state index contributed by atoms with van der Waals surface area (Å²) in [4.78, 5) is 31.9. The van der Waals surface area contributed by atoms with Gasteiger partial charge in [0.15, 0.2) is 11.5 Å². The lowest BCUT2D eigenvalue weighted by atomic mass is 10.0. The number of amides is 1. The number of pyridine rings is 1. The van der Waals surface area contributed by atoms with Gasteiger partial charge in [-0.05, 0) is 36.1 Å². The smallest absolute Gasteiger partial charge is 0.264 e. The number of para-hydroxylation sites is 1. The van der Waals surface area contributed by atoms with Crippen molar-refractivity contribution in [2.24, 2.45) is 12.8 Å². The highest BCUT2D eigenvalue weighted by Gasteiger charge is 2.16. The molecule has 11 nitrogen and oxygen atoms in total. The third kappa shape index (κ3) is 5.01. The summed E-state index contributed by atoms with van der Waals surface area (Å²) in [5.41, 5.74) is 14.4. The Hall–Kier alpha value is -5.76. The molecule has 40 heavy (non-hydrogen) atoms. The Morgan fingerprint density at radius 3 is 2.58 bits per heavy atom. The maximum Gasteiger partial charge on any atom is 0.264 e. The first-order valence-corrected chi connectivity index (χ1v) is 12.3. The standard InChI is InChI=1S/C23H19N3O.C6H6N6O/c1-3-20-14-19-9-7-8-18(13-12-17-15-24-25(2)16-17)22(19)23(27)26(20)21-10-5-4-6-11-21;7-4-3(5(8)13)6-10-1-9-2-12(6)11-4/h4-11,14-16H,3H2,1-2H3;1-2H,(H2,7,11)(H2,8,13). The van der Waals surface area contributed by atoms with Crippen LogP contribution in [0.5, 0.6) is 0 Å². The van der Waals surface area contributed by atoms with Crippen molar-refractivity contribution >= 4 is 28.1 Å². The Balaban J connectivity index is 0.000000207. The number of carbonyl (C=O) groups is 1. The van der Waals surface area contributed by atoms with Gasteiger partial charge in [-0.1, -0.05) is 49.1 Å². The Labute approximate surface area is 228 Å². The number of hydrogen-bond donors (Lipinski definition) is 2. The zero-order valence-electron chi connectivity index (χ0n) is 21.8. The summed E-state index contributed by atoms with van der Waals surface area (Å²) in [5, 5.41) is 9.50. The number of anilines is 1. The van der Waals surface area contributed by atoms with Crippen molar-refractivity contribution in [2.45, 2.75) is 13.3 Å². The molecule has 0 atom stereocenters. The molecule has 4 N–H and O–H groups in total. The molecule has 11 heteroatoms. The van der Waals surface area contributed by atoms with Gasteiger partial charge in [0, 0.05) is 30.2 Å². The number of carbonyl (C=O) groups excluding carboxylic acids is 1. The van der Waals surface area contributed by atoms with E-state index in [1.807, 2.05) is 61.8 Å². The average molecular weight is 532 g/mol. The molecule has 0 aliphatic carbocycles. The summed E-state index contributed by atoms with van der Waals surface area (Å²) in [6.45, 7) is 2.06. The van der Waals surface area contributed by atoms with Gasteiger partial charge in [0.25, 0.3) is 11.5 Å². The van der Waals surface area contributed by atoms with Gasteiger partial charge >= 0.3 is 0 Å². The van der Waals surface area contributed by atoms with Crippen LogP contribution in [0.2, 0.25) is 0 Å². The summed E-state index contributed by atoms with van der Waals surface area (Å²) in [5.74, 6) is 5.68. The van der Waals surface area contributed by atoms with Crippen molar-refractivity contribution in [3.8, 4) is 17.5 Å². The lowest BCUT2D eigenvalue weighted by molar-refractivity contribution is 0.100. The molecular formula is C29H25N9O2. The van der Waals surface area contributed by atoms with E-state index in [1.54, 1.807) is 15.4 Å². The maximum absolute atomic E-state index is 13.4. The second kappa shape index (κ2) is 10.9. The zero-order chi connectivity index (χ0) is 28.2. The van der Waals surface area contributed by atoms with E-state index in [0.717, 1.165) is 34.3 Å².